The van der Waals surface area contributed by atoms with Gasteiger partial charge in [-0.3, -0.25) is 9.69 Å². The summed E-state index contributed by atoms with van der Waals surface area (Å²) in [4.78, 5) is 14.6. The van der Waals surface area contributed by atoms with Gasteiger partial charge >= 0.3 is 0 Å². The maximum atomic E-state index is 12.1. The molecule has 3 N–H and O–H groups in total. The molecule has 0 radical (unpaired) electrons. The molecule has 6 nitrogen and oxygen atoms in total. The molecule has 26 heavy (non-hydrogen) atoms. The van der Waals surface area contributed by atoms with Crippen LogP contribution in [0, 0.1) is 5.92 Å². The number of benzene rings is 1. The molecule has 2 aromatic rings. The Kier molecular flexibility index (Phi) is 6.30. The smallest absolute Gasteiger partial charge is 0.254 e. The van der Waals surface area contributed by atoms with Gasteiger partial charge in [-0.1, -0.05) is 12.1 Å². The predicted molar refractivity (Wildman–Crippen MR) is 99.9 cm³/mol. The fraction of sp³-hybridized carbons (Fsp3) is 0.450. The van der Waals surface area contributed by atoms with Crippen LogP contribution in [0.5, 0.6) is 5.75 Å². The number of furan rings is 1. The van der Waals surface area contributed by atoms with Crippen LogP contribution in [0.15, 0.2) is 41.0 Å². The molecule has 0 bridgehead atoms. The Morgan fingerprint density at radius 3 is 2.65 bits per heavy atom. The van der Waals surface area contributed by atoms with Gasteiger partial charge in [0.1, 0.15) is 17.8 Å². The van der Waals surface area contributed by atoms with E-state index < -0.39 is 0 Å². The van der Waals surface area contributed by atoms with Gasteiger partial charge in [-0.15, -0.1) is 0 Å². The lowest BCUT2D eigenvalue weighted by molar-refractivity contribution is 0.0934. The first kappa shape index (κ1) is 18.5. The van der Waals surface area contributed by atoms with Crippen LogP contribution >= 0.6 is 0 Å². The highest BCUT2D eigenvalue weighted by atomic mass is 16.5. The second-order valence-electron chi connectivity index (χ2n) is 6.78. The van der Waals surface area contributed by atoms with E-state index in [1.54, 1.807) is 13.2 Å². The minimum Gasteiger partial charge on any atom is -0.497 e. The van der Waals surface area contributed by atoms with Gasteiger partial charge in [-0.05, 0) is 55.6 Å². The molecule has 1 fully saturated rings. The zero-order valence-electron chi connectivity index (χ0n) is 15.2. The average molecular weight is 357 g/mol. The number of carbonyl (C=O) groups is 1. The number of nitrogens with one attached hydrogen (secondary N) is 1. The van der Waals surface area contributed by atoms with Crippen molar-refractivity contribution < 1.29 is 13.9 Å². The highest BCUT2D eigenvalue weighted by Gasteiger charge is 2.20. The van der Waals surface area contributed by atoms with Gasteiger partial charge in [0, 0.05) is 13.1 Å². The maximum absolute atomic E-state index is 12.1. The fourth-order valence-corrected chi connectivity index (χ4v) is 3.28. The van der Waals surface area contributed by atoms with Crippen molar-refractivity contribution in [2.75, 3.05) is 26.7 Å². The number of hydrogen-bond acceptors (Lipinski definition) is 5. The Morgan fingerprint density at radius 1 is 1.31 bits per heavy atom. The summed E-state index contributed by atoms with van der Waals surface area (Å²) >= 11 is 0. The standard InChI is InChI=1S/C20H27N3O3/c1-25-18-4-2-16(3-5-18)13-23-8-6-15(7-9-23)12-22-20(24)17-10-19(11-21)26-14-17/h2-5,10,14-15H,6-9,11-13,21H2,1H3,(H,22,24). The van der Waals surface area contributed by atoms with Gasteiger partial charge in [0.2, 0.25) is 0 Å². The number of ether oxygens (including phenoxy) is 1. The Bertz CT molecular complexity index is 703. The second kappa shape index (κ2) is 8.87. The molecule has 1 amide bonds. The van der Waals surface area contributed by atoms with E-state index in [0.29, 0.717) is 30.3 Å². The molecule has 2 heterocycles. The second-order valence-corrected chi connectivity index (χ2v) is 6.78. The third kappa shape index (κ3) is 4.86. The van der Waals surface area contributed by atoms with Gasteiger partial charge < -0.3 is 20.2 Å². The first-order valence-electron chi connectivity index (χ1n) is 9.09. The Labute approximate surface area is 154 Å². The van der Waals surface area contributed by atoms with Crippen LogP contribution in [-0.4, -0.2) is 37.6 Å². The van der Waals surface area contributed by atoms with Crippen molar-refractivity contribution in [3.63, 3.8) is 0 Å². The van der Waals surface area contributed by atoms with Gasteiger partial charge in [-0.25, -0.2) is 0 Å². The van der Waals surface area contributed by atoms with Crippen LogP contribution < -0.4 is 15.8 Å². The molecule has 140 valence electrons. The van der Waals surface area contributed by atoms with Crippen molar-refractivity contribution in [1.82, 2.24) is 10.2 Å². The summed E-state index contributed by atoms with van der Waals surface area (Å²) in [5, 5.41) is 3.01. The number of hydrogen-bond donors (Lipinski definition) is 2. The summed E-state index contributed by atoms with van der Waals surface area (Å²) in [6, 6.07) is 9.94. The highest BCUT2D eigenvalue weighted by Crippen LogP contribution is 2.20. The number of methoxy groups -OCH3 is 1. The molecule has 1 aromatic heterocycles. The monoisotopic (exact) mass is 357 g/mol. The quantitative estimate of drug-likeness (QED) is 0.795. The number of nitrogens with zero attached hydrogens (tertiary/aromatic N) is 1. The third-order valence-electron chi connectivity index (χ3n) is 4.94. The number of amides is 1. The van der Waals surface area contributed by atoms with Crippen LogP contribution in [0.2, 0.25) is 0 Å². The SMILES string of the molecule is COc1ccc(CN2CCC(CNC(=O)c3coc(CN)c3)CC2)cc1. The highest BCUT2D eigenvalue weighted by molar-refractivity contribution is 5.93. The largest absolute Gasteiger partial charge is 0.497 e. The van der Waals surface area contributed by atoms with E-state index in [-0.39, 0.29) is 5.91 Å². The summed E-state index contributed by atoms with van der Waals surface area (Å²) in [5.74, 6) is 1.95. The fourth-order valence-electron chi connectivity index (χ4n) is 3.28. The van der Waals surface area contributed by atoms with Crippen LogP contribution in [-0.2, 0) is 13.1 Å². The lowest BCUT2D eigenvalue weighted by Crippen LogP contribution is -2.38. The van der Waals surface area contributed by atoms with Gasteiger partial charge in [0.15, 0.2) is 0 Å². The van der Waals surface area contributed by atoms with Gasteiger partial charge in [0.25, 0.3) is 5.91 Å². The topological polar surface area (TPSA) is 80.7 Å². The Morgan fingerprint density at radius 2 is 2.04 bits per heavy atom. The van der Waals surface area contributed by atoms with E-state index in [9.17, 15) is 4.79 Å². The van der Waals surface area contributed by atoms with Crippen molar-refractivity contribution >= 4 is 5.91 Å². The van der Waals surface area contributed by atoms with E-state index in [1.165, 1.54) is 11.8 Å². The normalized spacial score (nSPS) is 15.8. The summed E-state index contributed by atoms with van der Waals surface area (Å²) < 4.78 is 10.4. The predicted octanol–water partition coefficient (Wildman–Crippen LogP) is 2.39. The molecule has 0 aliphatic carbocycles. The van der Waals surface area contributed by atoms with Crippen molar-refractivity contribution in [3.8, 4) is 5.75 Å². The number of likely N-dealkylation sites (tertiary alicyclic amines) is 1. The Hall–Kier alpha value is -2.31. The maximum Gasteiger partial charge on any atom is 0.254 e. The van der Waals surface area contributed by atoms with Gasteiger partial charge in [0.05, 0.1) is 19.2 Å². The minimum absolute atomic E-state index is 0.0888. The molecule has 1 aliphatic rings. The summed E-state index contributed by atoms with van der Waals surface area (Å²) in [7, 11) is 1.68. The van der Waals surface area contributed by atoms with Crippen molar-refractivity contribution in [2.24, 2.45) is 11.7 Å². The lowest BCUT2D eigenvalue weighted by atomic mass is 9.96. The van der Waals surface area contributed by atoms with Crippen LogP contribution in [0.3, 0.4) is 0 Å². The van der Waals surface area contributed by atoms with Crippen molar-refractivity contribution in [1.29, 1.82) is 0 Å². The van der Waals surface area contributed by atoms with E-state index in [4.69, 9.17) is 14.9 Å². The molecular weight excluding hydrogens is 330 g/mol. The number of nitrogens with two attached hydrogens (primary N) is 1. The molecule has 6 heteroatoms. The zero-order valence-corrected chi connectivity index (χ0v) is 15.2. The first-order chi connectivity index (χ1) is 12.7. The van der Waals surface area contributed by atoms with E-state index in [2.05, 4.69) is 22.3 Å². The molecule has 1 saturated heterocycles. The zero-order chi connectivity index (χ0) is 18.4. The summed E-state index contributed by atoms with van der Waals surface area (Å²) in [6.45, 7) is 4.07. The number of rotatable bonds is 7. The van der Waals surface area contributed by atoms with Gasteiger partial charge in [-0.2, -0.15) is 0 Å². The number of piperidine rings is 1. The average Bonchev–Trinajstić information content (AvgIpc) is 3.17. The lowest BCUT2D eigenvalue weighted by Gasteiger charge is -2.32. The van der Waals surface area contributed by atoms with Crippen molar-refractivity contribution in [2.45, 2.75) is 25.9 Å². The number of carbonyl (C=O) groups excluding carboxylic acids is 1. The van der Waals surface area contributed by atoms with E-state index >= 15 is 0 Å². The van der Waals surface area contributed by atoms with Crippen LogP contribution in [0.1, 0.15) is 34.5 Å². The summed E-state index contributed by atoms with van der Waals surface area (Å²) in [5.41, 5.74) is 7.34. The summed E-state index contributed by atoms with van der Waals surface area (Å²) in [6.07, 6.45) is 3.65. The van der Waals surface area contributed by atoms with E-state index in [1.807, 2.05) is 12.1 Å². The molecule has 0 saturated carbocycles. The van der Waals surface area contributed by atoms with Crippen molar-refractivity contribution in [3.05, 3.63) is 53.5 Å². The molecular formula is C20H27N3O3. The molecule has 0 atom stereocenters. The minimum atomic E-state index is -0.0888. The van der Waals surface area contributed by atoms with Crippen LogP contribution in [0.4, 0.5) is 0 Å². The van der Waals surface area contributed by atoms with Crippen LogP contribution in [0.25, 0.3) is 0 Å². The first-order valence-corrected chi connectivity index (χ1v) is 9.09. The molecule has 0 spiro atoms. The molecule has 1 aliphatic heterocycles. The molecule has 1 aromatic carbocycles. The third-order valence-corrected chi connectivity index (χ3v) is 4.94. The molecule has 3 rings (SSSR count). The van der Waals surface area contributed by atoms with E-state index in [0.717, 1.165) is 38.2 Å². The Balaban J connectivity index is 1.39. The molecule has 0 unspecified atom stereocenters.